The Morgan fingerprint density at radius 2 is 1.75 bits per heavy atom. The predicted octanol–water partition coefficient (Wildman–Crippen LogP) is 0.566. The molecule has 0 aromatic rings. The summed E-state index contributed by atoms with van der Waals surface area (Å²) in [5.41, 5.74) is 5.53. The molecule has 0 amide bonds. The summed E-state index contributed by atoms with van der Waals surface area (Å²) < 4.78 is 15.2. The first kappa shape index (κ1) is 15.3. The molecule has 0 radical (unpaired) electrons. The highest BCUT2D eigenvalue weighted by Crippen LogP contribution is 1.92. The molecule has 0 fully saturated rings. The Hall–Kier alpha value is -0.650. The molecule has 1 unspecified atom stereocenters. The first-order valence-electron chi connectivity index (χ1n) is 5.65. The van der Waals surface area contributed by atoms with Gasteiger partial charge in [0.05, 0.1) is 26.4 Å². The Kier molecular flexibility index (Phi) is 9.18. The minimum Gasteiger partial charge on any atom is -0.465 e. The SMILES string of the molecule is CCOC(=O)C(N)COCCOCC(C)C. The van der Waals surface area contributed by atoms with Gasteiger partial charge in [-0.25, -0.2) is 0 Å². The van der Waals surface area contributed by atoms with Crippen molar-refractivity contribution in [1.82, 2.24) is 0 Å². The van der Waals surface area contributed by atoms with Crippen molar-refractivity contribution in [3.63, 3.8) is 0 Å². The Bertz CT molecular complexity index is 185. The first-order valence-corrected chi connectivity index (χ1v) is 5.65. The van der Waals surface area contributed by atoms with Crippen LogP contribution in [-0.2, 0) is 19.0 Å². The zero-order valence-corrected chi connectivity index (χ0v) is 10.4. The third-order valence-electron chi connectivity index (χ3n) is 1.71. The second kappa shape index (κ2) is 9.57. The van der Waals surface area contributed by atoms with E-state index in [9.17, 15) is 4.79 Å². The molecule has 0 aliphatic heterocycles. The molecule has 0 aromatic carbocycles. The summed E-state index contributed by atoms with van der Waals surface area (Å²) in [7, 11) is 0. The molecule has 16 heavy (non-hydrogen) atoms. The van der Waals surface area contributed by atoms with Crippen LogP contribution in [0.1, 0.15) is 20.8 Å². The molecule has 0 aromatic heterocycles. The van der Waals surface area contributed by atoms with Gasteiger partial charge in [0.25, 0.3) is 0 Å². The maximum Gasteiger partial charge on any atom is 0.325 e. The summed E-state index contributed by atoms with van der Waals surface area (Å²) in [6, 6.07) is -0.704. The second-order valence-electron chi connectivity index (χ2n) is 3.90. The summed E-state index contributed by atoms with van der Waals surface area (Å²) in [6.07, 6.45) is 0. The van der Waals surface area contributed by atoms with Crippen LogP contribution in [0.15, 0.2) is 0 Å². The average Bonchev–Trinajstić information content (AvgIpc) is 2.22. The largest absolute Gasteiger partial charge is 0.465 e. The van der Waals surface area contributed by atoms with Crippen LogP contribution in [0.25, 0.3) is 0 Å². The molecular weight excluding hydrogens is 210 g/mol. The van der Waals surface area contributed by atoms with Crippen LogP contribution < -0.4 is 5.73 Å². The van der Waals surface area contributed by atoms with Gasteiger partial charge in [0, 0.05) is 6.61 Å². The number of hydrogen-bond donors (Lipinski definition) is 1. The zero-order chi connectivity index (χ0) is 12.4. The highest BCUT2D eigenvalue weighted by molar-refractivity contribution is 5.75. The quantitative estimate of drug-likeness (QED) is 0.465. The summed E-state index contributed by atoms with van der Waals surface area (Å²) in [6.45, 7) is 8.09. The summed E-state index contributed by atoms with van der Waals surface area (Å²) in [5.74, 6) is 0.0902. The van der Waals surface area contributed by atoms with Gasteiger partial charge in [0.2, 0.25) is 0 Å². The van der Waals surface area contributed by atoms with Gasteiger partial charge in [0.1, 0.15) is 6.04 Å². The van der Waals surface area contributed by atoms with E-state index < -0.39 is 12.0 Å². The van der Waals surface area contributed by atoms with Gasteiger partial charge in [0.15, 0.2) is 0 Å². The summed E-state index contributed by atoms with van der Waals surface area (Å²) >= 11 is 0. The number of carbonyl (C=O) groups is 1. The predicted molar refractivity (Wildman–Crippen MR) is 61.1 cm³/mol. The van der Waals surface area contributed by atoms with Crippen LogP contribution in [0.2, 0.25) is 0 Å². The van der Waals surface area contributed by atoms with E-state index in [1.807, 2.05) is 0 Å². The minimum absolute atomic E-state index is 0.171. The molecule has 2 N–H and O–H groups in total. The maximum absolute atomic E-state index is 11.1. The van der Waals surface area contributed by atoms with E-state index in [2.05, 4.69) is 13.8 Å². The van der Waals surface area contributed by atoms with Crippen molar-refractivity contribution in [3.8, 4) is 0 Å². The number of hydrogen-bond acceptors (Lipinski definition) is 5. The van der Waals surface area contributed by atoms with E-state index in [0.717, 1.165) is 0 Å². The van der Waals surface area contributed by atoms with Crippen molar-refractivity contribution in [2.75, 3.05) is 33.0 Å². The lowest BCUT2D eigenvalue weighted by molar-refractivity contribution is -0.146. The molecular formula is C11H23NO4. The van der Waals surface area contributed by atoms with Crippen LogP contribution >= 0.6 is 0 Å². The van der Waals surface area contributed by atoms with Gasteiger partial charge in [-0.1, -0.05) is 13.8 Å². The number of carbonyl (C=O) groups excluding carboxylic acids is 1. The highest BCUT2D eigenvalue weighted by Gasteiger charge is 2.13. The van der Waals surface area contributed by atoms with Gasteiger partial charge in [-0.05, 0) is 12.8 Å². The lowest BCUT2D eigenvalue weighted by Gasteiger charge is -2.11. The molecule has 0 saturated heterocycles. The van der Waals surface area contributed by atoms with Gasteiger partial charge >= 0.3 is 5.97 Å². The van der Waals surface area contributed by atoms with Gasteiger partial charge in [-0.3, -0.25) is 4.79 Å². The zero-order valence-electron chi connectivity index (χ0n) is 10.4. The lowest BCUT2D eigenvalue weighted by atomic mass is 10.2. The summed E-state index contributed by atoms with van der Waals surface area (Å²) in [5, 5.41) is 0. The second-order valence-corrected chi connectivity index (χ2v) is 3.90. The topological polar surface area (TPSA) is 70.8 Å². The van der Waals surface area contributed by atoms with Crippen molar-refractivity contribution in [3.05, 3.63) is 0 Å². The van der Waals surface area contributed by atoms with E-state index in [1.165, 1.54) is 0 Å². The van der Waals surface area contributed by atoms with Gasteiger partial charge in [-0.2, -0.15) is 0 Å². The molecule has 0 aliphatic carbocycles. The van der Waals surface area contributed by atoms with Crippen LogP contribution in [0.5, 0.6) is 0 Å². The fourth-order valence-electron chi connectivity index (χ4n) is 0.965. The Morgan fingerprint density at radius 1 is 1.19 bits per heavy atom. The van der Waals surface area contributed by atoms with Crippen molar-refractivity contribution >= 4 is 5.97 Å². The van der Waals surface area contributed by atoms with E-state index >= 15 is 0 Å². The van der Waals surface area contributed by atoms with E-state index in [1.54, 1.807) is 6.92 Å². The monoisotopic (exact) mass is 233 g/mol. The van der Waals surface area contributed by atoms with Gasteiger partial charge in [-0.15, -0.1) is 0 Å². The molecule has 0 spiro atoms. The molecule has 5 heteroatoms. The van der Waals surface area contributed by atoms with Gasteiger partial charge < -0.3 is 19.9 Å². The standard InChI is InChI=1S/C11H23NO4/c1-4-16-11(13)10(12)8-15-6-5-14-7-9(2)3/h9-10H,4-8,12H2,1-3H3. The van der Waals surface area contributed by atoms with Crippen LogP contribution in [0.4, 0.5) is 0 Å². The Balaban J connectivity index is 3.34. The normalized spacial score (nSPS) is 12.8. The number of ether oxygens (including phenoxy) is 3. The Morgan fingerprint density at radius 3 is 2.25 bits per heavy atom. The number of rotatable bonds is 9. The summed E-state index contributed by atoms with van der Waals surface area (Å²) in [4.78, 5) is 11.1. The molecule has 5 nitrogen and oxygen atoms in total. The number of esters is 1. The fourth-order valence-corrected chi connectivity index (χ4v) is 0.965. The molecule has 1 atom stereocenters. The third-order valence-corrected chi connectivity index (χ3v) is 1.71. The smallest absolute Gasteiger partial charge is 0.325 e. The lowest BCUT2D eigenvalue weighted by Crippen LogP contribution is -2.37. The molecule has 0 bridgehead atoms. The number of nitrogens with two attached hydrogens (primary N) is 1. The van der Waals surface area contributed by atoms with Crippen molar-refractivity contribution in [2.24, 2.45) is 11.7 Å². The molecule has 0 saturated carbocycles. The van der Waals surface area contributed by atoms with Crippen LogP contribution in [0.3, 0.4) is 0 Å². The fraction of sp³-hybridized carbons (Fsp3) is 0.909. The Labute approximate surface area is 97.2 Å². The van der Waals surface area contributed by atoms with E-state index in [-0.39, 0.29) is 6.61 Å². The van der Waals surface area contributed by atoms with Crippen molar-refractivity contribution in [1.29, 1.82) is 0 Å². The van der Waals surface area contributed by atoms with Crippen molar-refractivity contribution < 1.29 is 19.0 Å². The molecule has 0 heterocycles. The molecule has 96 valence electrons. The first-order chi connectivity index (χ1) is 7.57. The van der Waals surface area contributed by atoms with Crippen LogP contribution in [0, 0.1) is 5.92 Å². The highest BCUT2D eigenvalue weighted by atomic mass is 16.5. The van der Waals surface area contributed by atoms with E-state index in [0.29, 0.717) is 32.3 Å². The minimum atomic E-state index is -0.704. The molecule has 0 aliphatic rings. The maximum atomic E-state index is 11.1. The van der Waals surface area contributed by atoms with E-state index in [4.69, 9.17) is 19.9 Å². The molecule has 0 rings (SSSR count). The van der Waals surface area contributed by atoms with Crippen LogP contribution in [-0.4, -0.2) is 45.0 Å². The average molecular weight is 233 g/mol. The third kappa shape index (κ3) is 8.64. The van der Waals surface area contributed by atoms with Crippen molar-refractivity contribution in [2.45, 2.75) is 26.8 Å².